The molecule has 0 radical (unpaired) electrons. The lowest BCUT2D eigenvalue weighted by Crippen LogP contribution is -2.39. The zero-order chi connectivity index (χ0) is 24.3. The number of hydrogen-bond donors (Lipinski definition) is 3. The van der Waals surface area contributed by atoms with Crippen LogP contribution in [0.1, 0.15) is 6.42 Å². The standard InChI is InChI=1S/C23H20FN5O4S/c24-15-10-12-16(13-11-15)29-21(22(25)30)14-20(27-29)23(31)26-18-8-4-5-9-19(18)28-34(32,33)17-6-2-1-3-7-17/h1-13,21,28H,14H2,(H2,25,30)(H,26,31). The van der Waals surface area contributed by atoms with Crippen molar-refractivity contribution in [2.75, 3.05) is 15.0 Å². The molecular formula is C23H20FN5O4S. The molecule has 4 N–H and O–H groups in total. The summed E-state index contributed by atoms with van der Waals surface area (Å²) in [5.41, 5.74) is 6.24. The molecule has 1 aliphatic heterocycles. The van der Waals surface area contributed by atoms with E-state index in [1.807, 2.05) is 0 Å². The summed E-state index contributed by atoms with van der Waals surface area (Å²) in [6, 6.07) is 18.4. The molecule has 0 bridgehead atoms. The average Bonchev–Trinajstić information content (AvgIpc) is 3.27. The Labute approximate surface area is 195 Å². The third-order valence-corrected chi connectivity index (χ3v) is 6.45. The van der Waals surface area contributed by atoms with Crippen molar-refractivity contribution in [1.29, 1.82) is 0 Å². The molecule has 174 valence electrons. The molecule has 1 aliphatic rings. The number of anilines is 3. The van der Waals surface area contributed by atoms with Crippen LogP contribution in [-0.4, -0.2) is 32.0 Å². The Kier molecular flexibility index (Phi) is 6.28. The molecule has 0 saturated carbocycles. The first-order valence-corrected chi connectivity index (χ1v) is 11.6. The van der Waals surface area contributed by atoms with E-state index >= 15 is 0 Å². The number of sulfonamides is 1. The maximum Gasteiger partial charge on any atom is 0.272 e. The molecule has 2 amide bonds. The molecular weight excluding hydrogens is 461 g/mol. The Hall–Kier alpha value is -4.25. The van der Waals surface area contributed by atoms with E-state index in [-0.39, 0.29) is 28.4 Å². The van der Waals surface area contributed by atoms with Crippen molar-refractivity contribution < 1.29 is 22.4 Å². The van der Waals surface area contributed by atoms with Gasteiger partial charge in [0.25, 0.3) is 15.9 Å². The van der Waals surface area contributed by atoms with Crippen molar-refractivity contribution in [2.24, 2.45) is 10.8 Å². The van der Waals surface area contributed by atoms with Crippen LogP contribution in [0.5, 0.6) is 0 Å². The molecule has 4 rings (SSSR count). The van der Waals surface area contributed by atoms with Crippen LogP contribution in [0.15, 0.2) is 88.9 Å². The monoisotopic (exact) mass is 481 g/mol. The zero-order valence-corrected chi connectivity index (χ0v) is 18.5. The number of amides is 2. The summed E-state index contributed by atoms with van der Waals surface area (Å²) in [5.74, 6) is -1.80. The number of hydrazone groups is 1. The third-order valence-electron chi connectivity index (χ3n) is 5.07. The van der Waals surface area contributed by atoms with Gasteiger partial charge in [-0.05, 0) is 48.5 Å². The number of hydrogen-bond acceptors (Lipinski definition) is 6. The third kappa shape index (κ3) is 4.89. The number of benzene rings is 3. The summed E-state index contributed by atoms with van der Waals surface area (Å²) in [6.07, 6.45) is -0.0730. The van der Waals surface area contributed by atoms with Gasteiger partial charge in [-0.3, -0.25) is 19.3 Å². The largest absolute Gasteiger partial charge is 0.368 e. The lowest BCUT2D eigenvalue weighted by Gasteiger charge is -2.20. The number of nitrogens with zero attached hydrogens (tertiary/aromatic N) is 2. The van der Waals surface area contributed by atoms with Crippen LogP contribution in [0.4, 0.5) is 21.5 Å². The molecule has 3 aromatic rings. The van der Waals surface area contributed by atoms with Gasteiger partial charge in [0.2, 0.25) is 5.91 Å². The fourth-order valence-electron chi connectivity index (χ4n) is 3.38. The number of halogens is 1. The zero-order valence-electron chi connectivity index (χ0n) is 17.7. The van der Waals surface area contributed by atoms with Crippen molar-refractivity contribution in [2.45, 2.75) is 17.4 Å². The number of carbonyl (C=O) groups is 2. The van der Waals surface area contributed by atoms with Gasteiger partial charge in [0, 0.05) is 6.42 Å². The molecule has 1 unspecified atom stereocenters. The smallest absolute Gasteiger partial charge is 0.272 e. The van der Waals surface area contributed by atoms with Crippen molar-refractivity contribution in [3.63, 3.8) is 0 Å². The van der Waals surface area contributed by atoms with E-state index in [2.05, 4.69) is 15.1 Å². The predicted molar refractivity (Wildman–Crippen MR) is 126 cm³/mol. The van der Waals surface area contributed by atoms with E-state index in [0.29, 0.717) is 5.69 Å². The lowest BCUT2D eigenvalue weighted by atomic mass is 10.1. The number of primary amides is 1. The SMILES string of the molecule is NC(=O)C1CC(C(=O)Nc2ccccc2NS(=O)(=O)c2ccccc2)=NN1c1ccc(F)cc1. The van der Waals surface area contributed by atoms with Crippen molar-refractivity contribution >= 4 is 44.6 Å². The fourth-order valence-corrected chi connectivity index (χ4v) is 4.48. The van der Waals surface area contributed by atoms with E-state index in [1.165, 1.54) is 53.5 Å². The van der Waals surface area contributed by atoms with Gasteiger partial charge in [-0.15, -0.1) is 0 Å². The quantitative estimate of drug-likeness (QED) is 0.477. The molecule has 0 aliphatic carbocycles. The van der Waals surface area contributed by atoms with Crippen LogP contribution in [-0.2, 0) is 19.6 Å². The first-order valence-electron chi connectivity index (χ1n) is 10.1. The van der Waals surface area contributed by atoms with E-state index in [4.69, 9.17) is 5.73 Å². The Morgan fingerprint density at radius 1 is 0.941 bits per heavy atom. The first-order chi connectivity index (χ1) is 16.2. The minimum absolute atomic E-state index is 0.00819. The molecule has 1 heterocycles. The Morgan fingerprint density at radius 3 is 2.21 bits per heavy atom. The highest BCUT2D eigenvalue weighted by atomic mass is 32.2. The van der Waals surface area contributed by atoms with Gasteiger partial charge >= 0.3 is 0 Å². The number of carbonyl (C=O) groups excluding carboxylic acids is 2. The van der Waals surface area contributed by atoms with Crippen LogP contribution >= 0.6 is 0 Å². The second kappa shape index (κ2) is 9.32. The number of rotatable bonds is 7. The fraction of sp³-hybridized carbons (Fsp3) is 0.0870. The molecule has 0 fully saturated rings. The summed E-state index contributed by atoms with van der Waals surface area (Å²) in [6.45, 7) is 0. The summed E-state index contributed by atoms with van der Waals surface area (Å²) >= 11 is 0. The molecule has 3 aromatic carbocycles. The van der Waals surface area contributed by atoms with Gasteiger partial charge in [0.05, 0.1) is 22.0 Å². The minimum atomic E-state index is -3.89. The Balaban J connectivity index is 1.57. The van der Waals surface area contributed by atoms with Gasteiger partial charge in [-0.2, -0.15) is 5.10 Å². The van der Waals surface area contributed by atoms with Crippen LogP contribution in [0.3, 0.4) is 0 Å². The molecule has 34 heavy (non-hydrogen) atoms. The Bertz CT molecular complexity index is 1360. The van der Waals surface area contributed by atoms with Gasteiger partial charge in [0.15, 0.2) is 0 Å². The summed E-state index contributed by atoms with van der Waals surface area (Å²) in [5, 5.41) is 8.11. The molecule has 0 aromatic heterocycles. The number of nitrogens with one attached hydrogen (secondary N) is 2. The second-order valence-electron chi connectivity index (χ2n) is 7.41. The summed E-state index contributed by atoms with van der Waals surface area (Å²) in [4.78, 5) is 25.0. The maximum absolute atomic E-state index is 13.3. The minimum Gasteiger partial charge on any atom is -0.368 e. The predicted octanol–water partition coefficient (Wildman–Crippen LogP) is 2.69. The van der Waals surface area contributed by atoms with Gasteiger partial charge in [-0.25, -0.2) is 12.8 Å². The van der Waals surface area contributed by atoms with E-state index in [9.17, 15) is 22.4 Å². The maximum atomic E-state index is 13.3. The van der Waals surface area contributed by atoms with E-state index in [1.54, 1.807) is 30.3 Å². The van der Waals surface area contributed by atoms with Crippen LogP contribution in [0, 0.1) is 5.82 Å². The second-order valence-corrected chi connectivity index (χ2v) is 9.09. The van der Waals surface area contributed by atoms with Crippen LogP contribution in [0.25, 0.3) is 0 Å². The first kappa shape index (κ1) is 22.9. The van der Waals surface area contributed by atoms with Crippen LogP contribution < -0.4 is 20.8 Å². The van der Waals surface area contributed by atoms with E-state index in [0.717, 1.165) is 0 Å². The van der Waals surface area contributed by atoms with Gasteiger partial charge in [-0.1, -0.05) is 30.3 Å². The van der Waals surface area contributed by atoms with Crippen molar-refractivity contribution in [3.8, 4) is 0 Å². The van der Waals surface area contributed by atoms with E-state index < -0.39 is 33.7 Å². The Morgan fingerprint density at radius 2 is 1.56 bits per heavy atom. The number of nitrogens with two attached hydrogens (primary N) is 1. The van der Waals surface area contributed by atoms with Crippen molar-refractivity contribution in [1.82, 2.24) is 0 Å². The molecule has 9 nitrogen and oxygen atoms in total. The highest BCUT2D eigenvalue weighted by molar-refractivity contribution is 7.92. The molecule has 11 heteroatoms. The van der Waals surface area contributed by atoms with Gasteiger partial charge in [0.1, 0.15) is 17.6 Å². The van der Waals surface area contributed by atoms with Crippen molar-refractivity contribution in [3.05, 3.63) is 84.7 Å². The van der Waals surface area contributed by atoms with Gasteiger partial charge < -0.3 is 11.1 Å². The summed E-state index contributed by atoms with van der Waals surface area (Å²) < 4.78 is 41.2. The molecule has 0 spiro atoms. The highest BCUT2D eigenvalue weighted by Gasteiger charge is 2.35. The highest BCUT2D eigenvalue weighted by Crippen LogP contribution is 2.27. The number of para-hydroxylation sites is 2. The molecule has 1 atom stereocenters. The molecule has 0 saturated heterocycles. The average molecular weight is 482 g/mol. The normalized spacial score (nSPS) is 15.5. The summed E-state index contributed by atoms with van der Waals surface area (Å²) in [7, 11) is -3.89. The lowest BCUT2D eigenvalue weighted by molar-refractivity contribution is -0.119. The van der Waals surface area contributed by atoms with Crippen LogP contribution in [0.2, 0.25) is 0 Å². The topological polar surface area (TPSA) is 134 Å².